The van der Waals surface area contributed by atoms with Gasteiger partial charge in [0.15, 0.2) is 0 Å². The smallest absolute Gasteiger partial charge is 0.148 e. The second kappa shape index (κ2) is 4.28. The summed E-state index contributed by atoms with van der Waals surface area (Å²) in [6.07, 6.45) is 2.24. The van der Waals surface area contributed by atoms with Crippen LogP contribution in [-0.2, 0) is 11.8 Å². The van der Waals surface area contributed by atoms with Crippen LogP contribution in [0.5, 0.6) is 5.75 Å². The zero-order valence-electron chi connectivity index (χ0n) is 11.0. The highest BCUT2D eigenvalue weighted by Crippen LogP contribution is 2.32. The Bertz CT molecular complexity index is 570. The van der Waals surface area contributed by atoms with Gasteiger partial charge in [0.1, 0.15) is 17.4 Å². The van der Waals surface area contributed by atoms with E-state index >= 15 is 0 Å². The van der Waals surface area contributed by atoms with Crippen LogP contribution in [0.25, 0.3) is 10.9 Å². The zero-order chi connectivity index (χ0) is 12.7. The number of hydrogen-bond acceptors (Lipinski definition) is 3. The maximum Gasteiger partial charge on any atom is 0.148 e. The monoisotopic (exact) mass is 246 g/mol. The van der Waals surface area contributed by atoms with Crippen molar-refractivity contribution in [1.82, 2.24) is 9.78 Å². The molecule has 0 radical (unpaired) electrons. The third-order valence-electron chi connectivity index (χ3n) is 3.31. The molecule has 0 bridgehead atoms. The lowest BCUT2D eigenvalue weighted by Gasteiger charge is -2.27. The summed E-state index contributed by atoms with van der Waals surface area (Å²) in [6, 6.07) is 4.17. The van der Waals surface area contributed by atoms with Crippen LogP contribution in [0.3, 0.4) is 0 Å². The van der Waals surface area contributed by atoms with Gasteiger partial charge in [0.05, 0.1) is 13.2 Å². The van der Waals surface area contributed by atoms with Crippen molar-refractivity contribution < 1.29 is 9.47 Å². The number of benzene rings is 1. The van der Waals surface area contributed by atoms with Crippen molar-refractivity contribution in [2.24, 2.45) is 7.05 Å². The number of nitrogens with zero attached hydrogens (tertiary/aromatic N) is 2. The number of hydrogen-bond donors (Lipinski definition) is 0. The summed E-state index contributed by atoms with van der Waals surface area (Å²) >= 11 is 0. The minimum absolute atomic E-state index is 0.181. The Hall–Kier alpha value is -1.55. The van der Waals surface area contributed by atoms with Crippen molar-refractivity contribution >= 4 is 10.9 Å². The lowest BCUT2D eigenvalue weighted by atomic mass is 9.99. The maximum atomic E-state index is 5.91. The normalized spacial score (nSPS) is 16.2. The Labute approximate surface area is 106 Å². The van der Waals surface area contributed by atoms with E-state index in [2.05, 4.69) is 31.2 Å². The van der Waals surface area contributed by atoms with Gasteiger partial charge in [-0.15, -0.1) is 0 Å². The molecule has 4 nitrogen and oxygen atoms in total. The van der Waals surface area contributed by atoms with Crippen LogP contribution >= 0.6 is 0 Å². The highest BCUT2D eigenvalue weighted by molar-refractivity contribution is 5.87. The van der Waals surface area contributed by atoms with Gasteiger partial charge < -0.3 is 9.47 Å². The second-order valence-corrected chi connectivity index (χ2v) is 5.15. The fourth-order valence-electron chi connectivity index (χ4n) is 2.28. The highest BCUT2D eigenvalue weighted by atomic mass is 16.6. The molecular formula is C14H18N2O2. The third kappa shape index (κ3) is 1.86. The Morgan fingerprint density at radius 1 is 1.39 bits per heavy atom. The molecule has 96 valence electrons. The molecule has 0 atom stereocenters. The van der Waals surface area contributed by atoms with E-state index in [1.54, 1.807) is 0 Å². The Kier molecular flexibility index (Phi) is 2.74. The molecule has 1 aromatic heterocycles. The fourth-order valence-corrected chi connectivity index (χ4v) is 2.28. The van der Waals surface area contributed by atoms with E-state index in [9.17, 15) is 0 Å². The second-order valence-electron chi connectivity index (χ2n) is 5.15. The van der Waals surface area contributed by atoms with Gasteiger partial charge in [-0.1, -0.05) is 19.9 Å². The lowest BCUT2D eigenvalue weighted by Crippen LogP contribution is -2.38. The predicted molar refractivity (Wildman–Crippen MR) is 70.0 cm³/mol. The molecule has 0 spiro atoms. The molecule has 4 heteroatoms. The highest BCUT2D eigenvalue weighted by Gasteiger charge is 2.22. The largest absolute Gasteiger partial charge is 0.483 e. The molecule has 3 rings (SSSR count). The summed E-state index contributed by atoms with van der Waals surface area (Å²) in [4.78, 5) is 0. The van der Waals surface area contributed by atoms with E-state index in [0.717, 1.165) is 11.3 Å². The number of aromatic nitrogens is 2. The molecule has 2 aromatic rings. The van der Waals surface area contributed by atoms with Crippen molar-refractivity contribution in [1.29, 1.82) is 0 Å². The van der Waals surface area contributed by atoms with E-state index in [0.29, 0.717) is 19.1 Å². The van der Waals surface area contributed by atoms with Gasteiger partial charge in [-0.25, -0.2) is 0 Å². The van der Waals surface area contributed by atoms with E-state index in [4.69, 9.17) is 9.47 Å². The Morgan fingerprint density at radius 3 is 2.78 bits per heavy atom. The number of rotatable bonds is 3. The molecular weight excluding hydrogens is 228 g/mol. The summed E-state index contributed by atoms with van der Waals surface area (Å²) in [7, 11) is 1.94. The average Bonchev–Trinajstić information content (AvgIpc) is 2.64. The first-order valence-electron chi connectivity index (χ1n) is 6.36. The van der Waals surface area contributed by atoms with E-state index < -0.39 is 0 Å². The van der Waals surface area contributed by atoms with Gasteiger partial charge in [-0.2, -0.15) is 5.10 Å². The standard InChI is InChI=1S/C14H18N2O2/c1-9(2)11-4-5-13(18-10-7-17-8-10)14-12(11)6-16(3)15-14/h4-6,9-10H,7-8H2,1-3H3. The van der Waals surface area contributed by atoms with Crippen LogP contribution in [0.2, 0.25) is 0 Å². The summed E-state index contributed by atoms with van der Waals surface area (Å²) in [6.45, 7) is 5.75. The van der Waals surface area contributed by atoms with Crippen molar-refractivity contribution in [3.05, 3.63) is 23.9 Å². The van der Waals surface area contributed by atoms with Gasteiger partial charge in [-0.05, 0) is 17.5 Å². The van der Waals surface area contributed by atoms with Gasteiger partial charge in [0.25, 0.3) is 0 Å². The quantitative estimate of drug-likeness (QED) is 0.834. The van der Waals surface area contributed by atoms with Gasteiger partial charge in [0.2, 0.25) is 0 Å². The molecule has 0 amide bonds. The molecule has 2 heterocycles. The molecule has 1 saturated heterocycles. The summed E-state index contributed by atoms with van der Waals surface area (Å²) in [5.41, 5.74) is 2.27. The predicted octanol–water partition coefficient (Wildman–Crippen LogP) is 2.47. The molecule has 0 N–H and O–H groups in total. The minimum atomic E-state index is 0.181. The molecule has 1 aliphatic heterocycles. The molecule has 1 aliphatic rings. The van der Waals surface area contributed by atoms with Crippen molar-refractivity contribution in [3.8, 4) is 5.75 Å². The first kappa shape index (κ1) is 11.5. The molecule has 0 unspecified atom stereocenters. The number of aryl methyl sites for hydroxylation is 1. The van der Waals surface area contributed by atoms with Crippen LogP contribution in [0.15, 0.2) is 18.3 Å². The third-order valence-corrected chi connectivity index (χ3v) is 3.31. The summed E-state index contributed by atoms with van der Waals surface area (Å²) in [5, 5.41) is 5.70. The summed E-state index contributed by atoms with van der Waals surface area (Å²) < 4.78 is 12.9. The zero-order valence-corrected chi connectivity index (χ0v) is 11.0. The molecule has 0 aliphatic carbocycles. The van der Waals surface area contributed by atoms with E-state index in [1.165, 1.54) is 10.9 Å². The lowest BCUT2D eigenvalue weighted by molar-refractivity contribution is -0.0791. The van der Waals surface area contributed by atoms with Crippen LogP contribution < -0.4 is 4.74 Å². The fraction of sp³-hybridized carbons (Fsp3) is 0.500. The topological polar surface area (TPSA) is 36.3 Å². The first-order valence-corrected chi connectivity index (χ1v) is 6.36. The van der Waals surface area contributed by atoms with Crippen LogP contribution in [0, 0.1) is 0 Å². The average molecular weight is 246 g/mol. The maximum absolute atomic E-state index is 5.91. The first-order chi connectivity index (χ1) is 8.65. The Balaban J connectivity index is 2.06. The molecule has 1 aromatic carbocycles. The SMILES string of the molecule is CC(C)c1ccc(OC2COC2)c2nn(C)cc12. The summed E-state index contributed by atoms with van der Waals surface area (Å²) in [5.74, 6) is 1.35. The number of ether oxygens (including phenoxy) is 2. The van der Waals surface area contributed by atoms with Crippen LogP contribution in [0.4, 0.5) is 0 Å². The minimum Gasteiger partial charge on any atom is -0.483 e. The van der Waals surface area contributed by atoms with Crippen molar-refractivity contribution in [2.75, 3.05) is 13.2 Å². The van der Waals surface area contributed by atoms with Crippen LogP contribution in [0.1, 0.15) is 25.3 Å². The van der Waals surface area contributed by atoms with Crippen LogP contribution in [-0.4, -0.2) is 29.1 Å². The number of fused-ring (bicyclic) bond motifs is 1. The van der Waals surface area contributed by atoms with E-state index in [1.807, 2.05) is 17.8 Å². The molecule has 1 fully saturated rings. The van der Waals surface area contributed by atoms with Crippen molar-refractivity contribution in [3.63, 3.8) is 0 Å². The Morgan fingerprint density at radius 2 is 2.17 bits per heavy atom. The van der Waals surface area contributed by atoms with Gasteiger partial charge >= 0.3 is 0 Å². The molecule has 0 saturated carbocycles. The van der Waals surface area contributed by atoms with Gasteiger partial charge in [0, 0.05) is 18.6 Å². The molecule has 18 heavy (non-hydrogen) atoms. The van der Waals surface area contributed by atoms with E-state index in [-0.39, 0.29) is 6.10 Å². The van der Waals surface area contributed by atoms with Gasteiger partial charge in [-0.3, -0.25) is 4.68 Å². The van der Waals surface area contributed by atoms with Crippen molar-refractivity contribution in [2.45, 2.75) is 25.9 Å².